The third-order valence-electron chi connectivity index (χ3n) is 3.89. The maximum absolute atomic E-state index is 12.8. The second-order valence-electron chi connectivity index (χ2n) is 5.42. The van der Waals surface area contributed by atoms with Crippen molar-refractivity contribution in [1.29, 1.82) is 0 Å². The van der Waals surface area contributed by atoms with E-state index in [1.165, 1.54) is 0 Å². The molecule has 2 rings (SSSR count). The Hall–Kier alpha value is -1.65. The number of morpholine rings is 1. The monoisotopic (exact) mass is 288 g/mol. The van der Waals surface area contributed by atoms with E-state index in [1.807, 2.05) is 35.2 Å². The van der Waals surface area contributed by atoms with Gasteiger partial charge in [0, 0.05) is 19.1 Å². The van der Waals surface area contributed by atoms with Crippen LogP contribution in [0.25, 0.3) is 0 Å². The molecule has 2 N–H and O–H groups in total. The van der Waals surface area contributed by atoms with Gasteiger partial charge in [-0.3, -0.25) is 4.79 Å². The molecule has 0 spiro atoms. The van der Waals surface area contributed by atoms with Gasteiger partial charge in [-0.1, -0.05) is 36.4 Å². The van der Waals surface area contributed by atoms with E-state index < -0.39 is 0 Å². The van der Waals surface area contributed by atoms with E-state index >= 15 is 0 Å². The minimum absolute atomic E-state index is 0.136. The topological polar surface area (TPSA) is 55.6 Å². The van der Waals surface area contributed by atoms with E-state index in [0.29, 0.717) is 39.1 Å². The molecule has 1 aliphatic heterocycles. The third-order valence-corrected chi connectivity index (χ3v) is 3.89. The van der Waals surface area contributed by atoms with Crippen LogP contribution in [0.5, 0.6) is 0 Å². The Morgan fingerprint density at radius 1 is 1.33 bits per heavy atom. The van der Waals surface area contributed by atoms with E-state index in [-0.39, 0.29) is 17.9 Å². The van der Waals surface area contributed by atoms with Gasteiger partial charge in [-0.05, 0) is 18.4 Å². The molecule has 1 aromatic carbocycles. The Balaban J connectivity index is 2.10. The molecule has 0 bridgehead atoms. The van der Waals surface area contributed by atoms with Gasteiger partial charge in [0.05, 0.1) is 19.1 Å². The Morgan fingerprint density at radius 3 is 2.62 bits per heavy atom. The summed E-state index contributed by atoms with van der Waals surface area (Å²) in [4.78, 5) is 14.7. The zero-order valence-corrected chi connectivity index (χ0v) is 12.4. The number of carbonyl (C=O) groups excluding carboxylic acids is 1. The standard InChI is InChI=1S/C17H24N2O2/c1-2-6-16(18)15(13-14-7-4-3-5-8-14)17(20)19-9-11-21-12-10-19/h2-5,7-8,15-16H,1,6,9-13,18H2/t15-,16+/m1/s1. The van der Waals surface area contributed by atoms with Gasteiger partial charge in [0.15, 0.2) is 0 Å². The van der Waals surface area contributed by atoms with E-state index in [1.54, 1.807) is 6.08 Å². The lowest BCUT2D eigenvalue weighted by molar-refractivity contribution is -0.140. The van der Waals surface area contributed by atoms with E-state index in [0.717, 1.165) is 5.56 Å². The molecule has 4 heteroatoms. The minimum atomic E-state index is -0.205. The number of nitrogens with zero attached hydrogens (tertiary/aromatic N) is 1. The molecule has 4 nitrogen and oxygen atoms in total. The predicted octanol–water partition coefficient (Wildman–Crippen LogP) is 1.61. The molecule has 0 unspecified atom stereocenters. The van der Waals surface area contributed by atoms with Crippen LogP contribution in [0.3, 0.4) is 0 Å². The smallest absolute Gasteiger partial charge is 0.227 e. The summed E-state index contributed by atoms with van der Waals surface area (Å²) in [5.41, 5.74) is 7.38. The van der Waals surface area contributed by atoms with Crippen LogP contribution in [-0.4, -0.2) is 43.2 Å². The van der Waals surface area contributed by atoms with Gasteiger partial charge in [-0.25, -0.2) is 0 Å². The molecule has 1 fully saturated rings. The lowest BCUT2D eigenvalue weighted by atomic mass is 9.89. The third kappa shape index (κ3) is 4.41. The van der Waals surface area contributed by atoms with Crippen molar-refractivity contribution in [1.82, 2.24) is 4.90 Å². The Morgan fingerprint density at radius 2 is 2.00 bits per heavy atom. The normalized spacial score (nSPS) is 18.0. The van der Waals surface area contributed by atoms with Gasteiger partial charge in [-0.15, -0.1) is 6.58 Å². The fourth-order valence-corrected chi connectivity index (χ4v) is 2.66. The molecule has 114 valence electrons. The molecule has 1 heterocycles. The maximum atomic E-state index is 12.8. The lowest BCUT2D eigenvalue weighted by Gasteiger charge is -2.32. The van der Waals surface area contributed by atoms with Crippen molar-refractivity contribution in [3.63, 3.8) is 0 Å². The van der Waals surface area contributed by atoms with Gasteiger partial charge >= 0.3 is 0 Å². The lowest BCUT2D eigenvalue weighted by Crippen LogP contribution is -2.49. The second kappa shape index (κ2) is 7.96. The molecule has 0 saturated carbocycles. The first-order chi connectivity index (χ1) is 10.2. The van der Waals surface area contributed by atoms with Crippen LogP contribution in [0, 0.1) is 5.92 Å². The molecule has 1 amide bonds. The average molecular weight is 288 g/mol. The highest BCUT2D eigenvalue weighted by Gasteiger charge is 2.30. The molecule has 2 atom stereocenters. The van der Waals surface area contributed by atoms with Crippen molar-refractivity contribution in [2.45, 2.75) is 18.9 Å². The molecular formula is C17H24N2O2. The van der Waals surface area contributed by atoms with Crippen molar-refractivity contribution in [2.75, 3.05) is 26.3 Å². The first kappa shape index (κ1) is 15.7. The number of carbonyl (C=O) groups is 1. The molecule has 21 heavy (non-hydrogen) atoms. The summed E-state index contributed by atoms with van der Waals surface area (Å²) in [7, 11) is 0. The van der Waals surface area contributed by atoms with Crippen molar-refractivity contribution in [3.05, 3.63) is 48.6 Å². The van der Waals surface area contributed by atoms with Gasteiger partial charge in [0.25, 0.3) is 0 Å². The summed E-state index contributed by atoms with van der Waals surface area (Å²) < 4.78 is 5.31. The first-order valence-corrected chi connectivity index (χ1v) is 7.49. The van der Waals surface area contributed by atoms with E-state index in [2.05, 4.69) is 6.58 Å². The van der Waals surface area contributed by atoms with Crippen molar-refractivity contribution in [3.8, 4) is 0 Å². The Bertz CT molecular complexity index is 455. The number of rotatable bonds is 6. The van der Waals surface area contributed by atoms with Gasteiger partial charge in [0.1, 0.15) is 0 Å². The minimum Gasteiger partial charge on any atom is -0.378 e. The summed E-state index contributed by atoms with van der Waals surface area (Å²) in [6, 6.07) is 9.85. The number of hydrogen-bond donors (Lipinski definition) is 1. The zero-order chi connectivity index (χ0) is 15.1. The highest BCUT2D eigenvalue weighted by atomic mass is 16.5. The van der Waals surface area contributed by atoms with Gasteiger partial charge in [-0.2, -0.15) is 0 Å². The highest BCUT2D eigenvalue weighted by molar-refractivity contribution is 5.80. The van der Waals surface area contributed by atoms with Gasteiger partial charge < -0.3 is 15.4 Å². The van der Waals surface area contributed by atoms with Crippen LogP contribution in [0.15, 0.2) is 43.0 Å². The molecule has 1 aliphatic rings. The van der Waals surface area contributed by atoms with Crippen molar-refractivity contribution >= 4 is 5.91 Å². The summed E-state index contributed by atoms with van der Waals surface area (Å²) in [5.74, 6) is -0.0694. The van der Waals surface area contributed by atoms with Crippen molar-refractivity contribution in [2.24, 2.45) is 11.7 Å². The van der Waals surface area contributed by atoms with Crippen LogP contribution >= 0.6 is 0 Å². The largest absolute Gasteiger partial charge is 0.378 e. The van der Waals surface area contributed by atoms with Crippen LogP contribution in [0.4, 0.5) is 0 Å². The number of hydrogen-bond acceptors (Lipinski definition) is 3. The number of amides is 1. The first-order valence-electron chi connectivity index (χ1n) is 7.49. The van der Waals surface area contributed by atoms with Crippen LogP contribution in [0.1, 0.15) is 12.0 Å². The molecule has 0 aromatic heterocycles. The summed E-state index contributed by atoms with van der Waals surface area (Å²) in [6.45, 7) is 6.28. The predicted molar refractivity (Wildman–Crippen MR) is 83.8 cm³/mol. The Labute approximate surface area is 126 Å². The fraction of sp³-hybridized carbons (Fsp3) is 0.471. The molecule has 0 radical (unpaired) electrons. The van der Waals surface area contributed by atoms with Crippen LogP contribution < -0.4 is 5.73 Å². The SMILES string of the molecule is C=CC[C@H](N)[C@@H](Cc1ccccc1)C(=O)N1CCOCC1. The molecule has 1 aromatic rings. The number of benzene rings is 1. The molecule has 1 saturated heterocycles. The average Bonchev–Trinajstić information content (AvgIpc) is 2.54. The highest BCUT2D eigenvalue weighted by Crippen LogP contribution is 2.18. The summed E-state index contributed by atoms with van der Waals surface area (Å²) in [6.07, 6.45) is 3.11. The van der Waals surface area contributed by atoms with Gasteiger partial charge in [0.2, 0.25) is 5.91 Å². The van der Waals surface area contributed by atoms with Crippen LogP contribution in [0.2, 0.25) is 0 Å². The summed E-state index contributed by atoms with van der Waals surface area (Å²) >= 11 is 0. The van der Waals surface area contributed by atoms with E-state index in [4.69, 9.17) is 10.5 Å². The van der Waals surface area contributed by atoms with E-state index in [9.17, 15) is 4.79 Å². The Kier molecular flexibility index (Phi) is 5.96. The number of ether oxygens (including phenoxy) is 1. The molecular weight excluding hydrogens is 264 g/mol. The zero-order valence-electron chi connectivity index (χ0n) is 12.4. The van der Waals surface area contributed by atoms with Crippen molar-refractivity contribution < 1.29 is 9.53 Å². The maximum Gasteiger partial charge on any atom is 0.227 e. The van der Waals surface area contributed by atoms with Crippen LogP contribution in [-0.2, 0) is 16.0 Å². The number of nitrogens with two attached hydrogens (primary N) is 1. The second-order valence-corrected chi connectivity index (χ2v) is 5.42. The quantitative estimate of drug-likeness (QED) is 0.809. The summed E-state index contributed by atoms with van der Waals surface area (Å²) in [5, 5.41) is 0. The fourth-order valence-electron chi connectivity index (χ4n) is 2.66. The molecule has 0 aliphatic carbocycles.